The summed E-state index contributed by atoms with van der Waals surface area (Å²) < 4.78 is 3.28. The highest BCUT2D eigenvalue weighted by atomic mass is 35.5. The van der Waals surface area contributed by atoms with E-state index in [2.05, 4.69) is 15.0 Å². The van der Waals surface area contributed by atoms with E-state index in [-0.39, 0.29) is 18.0 Å². The third-order valence-corrected chi connectivity index (χ3v) is 5.89. The quantitative estimate of drug-likeness (QED) is 0.501. The molecule has 0 aliphatic heterocycles. The lowest BCUT2D eigenvalue weighted by Crippen LogP contribution is -2.33. The molecule has 2 aromatic carbocycles. The maximum Gasteiger partial charge on any atom is 0.276 e. The summed E-state index contributed by atoms with van der Waals surface area (Å²) in [5, 5.41) is 9.13. The van der Waals surface area contributed by atoms with Crippen molar-refractivity contribution in [2.45, 2.75) is 33.5 Å². The molecule has 0 fully saturated rings. The molecule has 7 heteroatoms. The molecule has 0 spiro atoms. The first-order valence-electron chi connectivity index (χ1n) is 10.0. The Morgan fingerprint density at radius 1 is 1.03 bits per heavy atom. The molecule has 6 nitrogen and oxygen atoms in total. The number of halogens is 1. The van der Waals surface area contributed by atoms with Gasteiger partial charge in [-0.15, -0.1) is 0 Å². The number of rotatable bonds is 6. The Balaban J connectivity index is 1.60. The highest BCUT2D eigenvalue weighted by Crippen LogP contribution is 2.25. The highest BCUT2D eigenvalue weighted by molar-refractivity contribution is 6.31. The second kappa shape index (κ2) is 8.78. The number of nitrogens with zero attached hydrogens (tertiary/aromatic N) is 3. The van der Waals surface area contributed by atoms with Gasteiger partial charge in [0.25, 0.3) is 5.56 Å². The average Bonchev–Trinajstić information content (AvgIpc) is 3.01. The number of aryl methyl sites for hydroxylation is 2. The van der Waals surface area contributed by atoms with Crippen molar-refractivity contribution in [2.24, 2.45) is 0 Å². The van der Waals surface area contributed by atoms with Gasteiger partial charge in [0.1, 0.15) is 6.54 Å². The van der Waals surface area contributed by atoms with Gasteiger partial charge in [-0.1, -0.05) is 60.1 Å². The van der Waals surface area contributed by atoms with E-state index in [4.69, 9.17) is 11.6 Å². The summed E-state index contributed by atoms with van der Waals surface area (Å²) in [6, 6.07) is 17.3. The van der Waals surface area contributed by atoms with Crippen molar-refractivity contribution >= 4 is 28.3 Å². The molecule has 1 N–H and O–H groups in total. The van der Waals surface area contributed by atoms with Gasteiger partial charge in [-0.05, 0) is 31.0 Å². The van der Waals surface area contributed by atoms with Crippen LogP contribution in [-0.2, 0) is 24.4 Å². The number of benzene rings is 2. The molecule has 1 amide bonds. The second-order valence-corrected chi connectivity index (χ2v) is 7.91. The molecule has 31 heavy (non-hydrogen) atoms. The summed E-state index contributed by atoms with van der Waals surface area (Å²) >= 11 is 6.33. The third-order valence-electron chi connectivity index (χ3n) is 5.52. The summed E-state index contributed by atoms with van der Waals surface area (Å²) in [6.45, 7) is 4.71. The predicted molar refractivity (Wildman–Crippen MR) is 122 cm³/mol. The van der Waals surface area contributed by atoms with Gasteiger partial charge >= 0.3 is 0 Å². The van der Waals surface area contributed by atoms with Gasteiger partial charge < -0.3 is 9.88 Å². The molecule has 0 atom stereocenters. The number of fused-ring (bicyclic) bond motifs is 1. The van der Waals surface area contributed by atoms with Crippen LogP contribution in [0, 0.1) is 13.8 Å². The molecule has 2 aromatic heterocycles. The normalized spacial score (nSPS) is 11.1. The summed E-state index contributed by atoms with van der Waals surface area (Å²) in [5.41, 5.74) is 3.47. The van der Waals surface area contributed by atoms with Crippen molar-refractivity contribution < 1.29 is 4.79 Å². The smallest absolute Gasteiger partial charge is 0.276 e. The molecule has 0 radical (unpaired) electrons. The van der Waals surface area contributed by atoms with Gasteiger partial charge in [0, 0.05) is 34.9 Å². The van der Waals surface area contributed by atoms with Crippen molar-refractivity contribution in [1.29, 1.82) is 0 Å². The van der Waals surface area contributed by atoms with Gasteiger partial charge in [-0.2, -0.15) is 5.10 Å². The number of carbonyl (C=O) groups excluding carboxylic acids is 1. The van der Waals surface area contributed by atoms with Gasteiger partial charge in [0.15, 0.2) is 0 Å². The molecule has 4 rings (SSSR count). The minimum absolute atomic E-state index is 0.129. The van der Waals surface area contributed by atoms with E-state index in [1.54, 1.807) is 6.20 Å². The number of nitrogens with one attached hydrogen (secondary N) is 1. The Labute approximate surface area is 185 Å². The Bertz CT molecular complexity index is 1310. The van der Waals surface area contributed by atoms with Crippen LogP contribution in [0.2, 0.25) is 5.02 Å². The number of amides is 1. The SMILES string of the molecule is Cc1c2cnn(CC(=O)NCc3ccccc3)c(=O)c2c(C)n1Cc1ccccc1Cl. The van der Waals surface area contributed by atoms with Crippen molar-refractivity contribution in [1.82, 2.24) is 19.7 Å². The van der Waals surface area contributed by atoms with E-state index in [1.165, 1.54) is 4.68 Å². The van der Waals surface area contributed by atoms with E-state index < -0.39 is 0 Å². The Morgan fingerprint density at radius 2 is 1.74 bits per heavy atom. The van der Waals surface area contributed by atoms with Gasteiger partial charge in [0.2, 0.25) is 5.91 Å². The number of aromatic nitrogens is 3. The Morgan fingerprint density at radius 3 is 2.48 bits per heavy atom. The van der Waals surface area contributed by atoms with Crippen LogP contribution in [0.15, 0.2) is 65.6 Å². The third kappa shape index (κ3) is 4.25. The molecular weight excluding hydrogens is 412 g/mol. The van der Waals surface area contributed by atoms with Crippen LogP contribution in [-0.4, -0.2) is 20.3 Å². The monoisotopic (exact) mass is 434 g/mol. The van der Waals surface area contributed by atoms with Crippen molar-refractivity contribution in [3.8, 4) is 0 Å². The molecule has 2 heterocycles. The number of carbonyl (C=O) groups is 1. The van der Waals surface area contributed by atoms with E-state index >= 15 is 0 Å². The fraction of sp³-hybridized carbons (Fsp3) is 0.208. The zero-order valence-electron chi connectivity index (χ0n) is 17.4. The van der Waals surface area contributed by atoms with Crippen molar-refractivity contribution in [3.05, 3.63) is 98.7 Å². The highest BCUT2D eigenvalue weighted by Gasteiger charge is 2.18. The zero-order chi connectivity index (χ0) is 22.0. The lowest BCUT2D eigenvalue weighted by Gasteiger charge is -2.10. The van der Waals surface area contributed by atoms with Crippen LogP contribution in [0.3, 0.4) is 0 Å². The second-order valence-electron chi connectivity index (χ2n) is 7.51. The molecule has 0 saturated heterocycles. The summed E-state index contributed by atoms with van der Waals surface area (Å²) in [6.07, 6.45) is 1.66. The van der Waals surface area contributed by atoms with Crippen molar-refractivity contribution in [3.63, 3.8) is 0 Å². The summed E-state index contributed by atoms with van der Waals surface area (Å²) in [7, 11) is 0. The lowest BCUT2D eigenvalue weighted by molar-refractivity contribution is -0.122. The molecule has 0 aliphatic carbocycles. The number of hydrogen-bond donors (Lipinski definition) is 1. The molecule has 4 aromatic rings. The molecule has 158 valence electrons. The van der Waals surface area contributed by atoms with Gasteiger partial charge in [-0.3, -0.25) is 9.59 Å². The van der Waals surface area contributed by atoms with E-state index in [9.17, 15) is 9.59 Å². The fourth-order valence-electron chi connectivity index (χ4n) is 3.78. The van der Waals surface area contributed by atoms with E-state index in [1.807, 2.05) is 68.4 Å². The minimum Gasteiger partial charge on any atom is -0.350 e. The summed E-state index contributed by atoms with van der Waals surface area (Å²) in [4.78, 5) is 25.5. The Kier molecular flexibility index (Phi) is 5.91. The fourth-order valence-corrected chi connectivity index (χ4v) is 3.98. The van der Waals surface area contributed by atoms with Crippen LogP contribution >= 0.6 is 11.6 Å². The number of hydrogen-bond acceptors (Lipinski definition) is 3. The molecule has 0 aliphatic rings. The van der Waals surface area contributed by atoms with Crippen LogP contribution in [0.25, 0.3) is 10.8 Å². The van der Waals surface area contributed by atoms with Crippen LogP contribution < -0.4 is 10.9 Å². The molecule has 0 bridgehead atoms. The maximum absolute atomic E-state index is 13.1. The average molecular weight is 435 g/mol. The van der Waals surface area contributed by atoms with Gasteiger partial charge in [-0.25, -0.2) is 4.68 Å². The van der Waals surface area contributed by atoms with Crippen LogP contribution in [0.5, 0.6) is 0 Å². The lowest BCUT2D eigenvalue weighted by atomic mass is 10.2. The van der Waals surface area contributed by atoms with Crippen LogP contribution in [0.1, 0.15) is 22.5 Å². The van der Waals surface area contributed by atoms with Gasteiger partial charge in [0.05, 0.1) is 11.6 Å². The first-order valence-corrected chi connectivity index (χ1v) is 10.4. The molecule has 0 unspecified atom stereocenters. The van der Waals surface area contributed by atoms with E-state index in [0.29, 0.717) is 23.5 Å². The van der Waals surface area contributed by atoms with Crippen LogP contribution in [0.4, 0.5) is 0 Å². The predicted octanol–water partition coefficient (Wildman–Crippen LogP) is 3.83. The van der Waals surface area contributed by atoms with Crippen molar-refractivity contribution in [2.75, 3.05) is 0 Å². The van der Waals surface area contributed by atoms with E-state index in [0.717, 1.165) is 27.9 Å². The standard InChI is InChI=1S/C24H23ClN4O2/c1-16-20-13-27-29(15-22(30)26-12-18-8-4-3-5-9-18)24(31)23(20)17(2)28(16)14-19-10-6-7-11-21(19)25/h3-11,13H,12,14-15H2,1-2H3,(H,26,30). The molecule has 0 saturated carbocycles. The largest absolute Gasteiger partial charge is 0.350 e. The molecular formula is C24H23ClN4O2. The minimum atomic E-state index is -0.272. The first kappa shape index (κ1) is 20.9. The topological polar surface area (TPSA) is 68.9 Å². The Hall–Kier alpha value is -3.38. The zero-order valence-corrected chi connectivity index (χ0v) is 18.2. The first-order chi connectivity index (χ1) is 15.0. The summed E-state index contributed by atoms with van der Waals surface area (Å²) in [5.74, 6) is -0.261. The maximum atomic E-state index is 13.1.